The van der Waals surface area contributed by atoms with Crippen LogP contribution in [-0.2, 0) is 6.42 Å². The number of hydrogen-bond donors (Lipinski definition) is 2. The van der Waals surface area contributed by atoms with E-state index in [-0.39, 0.29) is 6.61 Å². The molecule has 1 aromatic heterocycles. The molecule has 0 atom stereocenters. The number of aromatic amines is 1. The molecule has 0 aliphatic carbocycles. The second-order valence-electron chi connectivity index (χ2n) is 4.15. The summed E-state index contributed by atoms with van der Waals surface area (Å²) in [6, 6.07) is 6.19. The topological polar surface area (TPSA) is 48.9 Å². The first kappa shape index (κ1) is 12.1. The standard InChI is InChI=1S/C13H15ClN2O/c1-8-3-4-10(9(2)7-8)13-15-11(5-6-17)12(14)16-13/h3-4,7,17H,5-6H2,1-2H3,(H,15,16). The minimum absolute atomic E-state index is 0.0637. The Kier molecular flexibility index (Phi) is 3.50. The zero-order chi connectivity index (χ0) is 12.4. The highest BCUT2D eigenvalue weighted by Crippen LogP contribution is 2.25. The Morgan fingerprint density at radius 1 is 1.35 bits per heavy atom. The fourth-order valence-corrected chi connectivity index (χ4v) is 2.10. The maximum atomic E-state index is 8.91. The molecule has 1 aromatic carbocycles. The summed E-state index contributed by atoms with van der Waals surface area (Å²) in [6.07, 6.45) is 0.497. The summed E-state index contributed by atoms with van der Waals surface area (Å²) in [5.74, 6) is 0.760. The van der Waals surface area contributed by atoms with Crippen molar-refractivity contribution >= 4 is 11.6 Å². The van der Waals surface area contributed by atoms with Gasteiger partial charge in [0.25, 0.3) is 0 Å². The fourth-order valence-electron chi connectivity index (χ4n) is 1.87. The zero-order valence-electron chi connectivity index (χ0n) is 9.92. The second-order valence-corrected chi connectivity index (χ2v) is 4.50. The van der Waals surface area contributed by atoms with Gasteiger partial charge in [-0.3, -0.25) is 0 Å². The molecule has 0 saturated heterocycles. The van der Waals surface area contributed by atoms with Crippen LogP contribution in [0.15, 0.2) is 18.2 Å². The third kappa shape index (κ3) is 2.51. The molecule has 0 unspecified atom stereocenters. The van der Waals surface area contributed by atoms with Gasteiger partial charge in [-0.1, -0.05) is 35.4 Å². The number of nitrogens with zero attached hydrogens (tertiary/aromatic N) is 1. The van der Waals surface area contributed by atoms with Crippen molar-refractivity contribution in [3.8, 4) is 11.4 Å². The van der Waals surface area contributed by atoms with E-state index in [1.165, 1.54) is 5.56 Å². The van der Waals surface area contributed by atoms with Gasteiger partial charge in [0, 0.05) is 18.6 Å². The van der Waals surface area contributed by atoms with Gasteiger partial charge >= 0.3 is 0 Å². The van der Waals surface area contributed by atoms with Gasteiger partial charge in [-0.15, -0.1) is 0 Å². The maximum Gasteiger partial charge on any atom is 0.150 e. The molecular formula is C13H15ClN2O. The fraction of sp³-hybridized carbons (Fsp3) is 0.308. The SMILES string of the molecule is Cc1ccc(-c2nc(Cl)c(CCO)[nH]2)c(C)c1. The van der Waals surface area contributed by atoms with Gasteiger partial charge in [0.15, 0.2) is 5.15 Å². The third-order valence-electron chi connectivity index (χ3n) is 2.73. The highest BCUT2D eigenvalue weighted by Gasteiger charge is 2.11. The predicted molar refractivity (Wildman–Crippen MR) is 69.3 cm³/mol. The number of aryl methyl sites for hydroxylation is 2. The van der Waals surface area contributed by atoms with Crippen molar-refractivity contribution in [1.82, 2.24) is 9.97 Å². The molecule has 0 fully saturated rings. The molecule has 2 aromatic rings. The normalized spacial score (nSPS) is 10.8. The maximum absolute atomic E-state index is 8.91. The smallest absolute Gasteiger partial charge is 0.150 e. The van der Waals surface area contributed by atoms with E-state index < -0.39 is 0 Å². The van der Waals surface area contributed by atoms with Crippen LogP contribution in [0.5, 0.6) is 0 Å². The van der Waals surface area contributed by atoms with Crippen LogP contribution < -0.4 is 0 Å². The number of halogens is 1. The molecular weight excluding hydrogens is 236 g/mol. The van der Waals surface area contributed by atoms with Gasteiger partial charge in [-0.25, -0.2) is 4.98 Å². The van der Waals surface area contributed by atoms with Crippen LogP contribution in [-0.4, -0.2) is 21.7 Å². The number of benzene rings is 1. The van der Waals surface area contributed by atoms with Crippen molar-refractivity contribution in [2.45, 2.75) is 20.3 Å². The van der Waals surface area contributed by atoms with E-state index in [0.717, 1.165) is 22.6 Å². The molecule has 90 valence electrons. The molecule has 0 aliphatic rings. The monoisotopic (exact) mass is 250 g/mol. The van der Waals surface area contributed by atoms with E-state index in [4.69, 9.17) is 16.7 Å². The lowest BCUT2D eigenvalue weighted by atomic mass is 10.1. The molecule has 2 N–H and O–H groups in total. The number of aromatic nitrogens is 2. The summed E-state index contributed by atoms with van der Waals surface area (Å²) >= 11 is 6.00. The van der Waals surface area contributed by atoms with Crippen molar-refractivity contribution in [3.63, 3.8) is 0 Å². The summed E-state index contributed by atoms with van der Waals surface area (Å²) < 4.78 is 0. The first-order valence-electron chi connectivity index (χ1n) is 5.54. The third-order valence-corrected chi connectivity index (χ3v) is 3.04. The zero-order valence-corrected chi connectivity index (χ0v) is 10.7. The Balaban J connectivity index is 2.42. The number of imidazole rings is 1. The van der Waals surface area contributed by atoms with Gasteiger partial charge in [0.05, 0.1) is 5.69 Å². The number of H-pyrrole nitrogens is 1. The average molecular weight is 251 g/mol. The molecule has 0 radical (unpaired) electrons. The summed E-state index contributed by atoms with van der Waals surface area (Å²) in [5.41, 5.74) is 4.20. The van der Waals surface area contributed by atoms with E-state index in [2.05, 4.69) is 23.0 Å². The molecule has 3 nitrogen and oxygen atoms in total. The number of aliphatic hydroxyl groups excluding tert-OH is 1. The lowest BCUT2D eigenvalue weighted by Gasteiger charge is -2.03. The Bertz CT molecular complexity index is 534. The van der Waals surface area contributed by atoms with E-state index in [1.54, 1.807) is 0 Å². The van der Waals surface area contributed by atoms with Crippen molar-refractivity contribution in [2.75, 3.05) is 6.61 Å². The van der Waals surface area contributed by atoms with Crippen LogP contribution in [0, 0.1) is 13.8 Å². The van der Waals surface area contributed by atoms with E-state index in [9.17, 15) is 0 Å². The van der Waals surface area contributed by atoms with Crippen LogP contribution in [0.4, 0.5) is 0 Å². The van der Waals surface area contributed by atoms with Crippen molar-refractivity contribution in [3.05, 3.63) is 40.2 Å². The van der Waals surface area contributed by atoms with Crippen molar-refractivity contribution in [1.29, 1.82) is 0 Å². The van der Waals surface area contributed by atoms with Gasteiger partial charge in [-0.2, -0.15) is 0 Å². The number of aliphatic hydroxyl groups is 1. The highest BCUT2D eigenvalue weighted by atomic mass is 35.5. The number of hydrogen-bond acceptors (Lipinski definition) is 2. The van der Waals surface area contributed by atoms with Gasteiger partial charge in [0.1, 0.15) is 5.82 Å². The van der Waals surface area contributed by atoms with Gasteiger partial charge in [-0.05, 0) is 19.4 Å². The van der Waals surface area contributed by atoms with Crippen LogP contribution in [0.2, 0.25) is 5.15 Å². The molecule has 0 bridgehead atoms. The summed E-state index contributed by atoms with van der Waals surface area (Å²) in [7, 11) is 0. The van der Waals surface area contributed by atoms with Crippen LogP contribution in [0.25, 0.3) is 11.4 Å². The summed E-state index contributed by atoms with van der Waals surface area (Å²) in [4.78, 5) is 7.44. The second kappa shape index (κ2) is 4.90. The quantitative estimate of drug-likeness (QED) is 0.880. The minimum Gasteiger partial charge on any atom is -0.396 e. The average Bonchev–Trinajstić information content (AvgIpc) is 2.60. The molecule has 1 heterocycles. The molecule has 0 saturated carbocycles. The molecule has 17 heavy (non-hydrogen) atoms. The number of rotatable bonds is 3. The lowest BCUT2D eigenvalue weighted by Crippen LogP contribution is -1.91. The van der Waals surface area contributed by atoms with Crippen LogP contribution in [0.3, 0.4) is 0 Å². The molecule has 2 rings (SSSR count). The Labute approximate surface area is 105 Å². The Morgan fingerprint density at radius 3 is 2.76 bits per heavy atom. The minimum atomic E-state index is 0.0637. The van der Waals surface area contributed by atoms with Gasteiger partial charge in [0.2, 0.25) is 0 Å². The lowest BCUT2D eigenvalue weighted by molar-refractivity contribution is 0.298. The highest BCUT2D eigenvalue weighted by molar-refractivity contribution is 6.30. The predicted octanol–water partition coefficient (Wildman–Crippen LogP) is 2.88. The summed E-state index contributed by atoms with van der Waals surface area (Å²) in [6.45, 7) is 4.17. The van der Waals surface area contributed by atoms with E-state index in [0.29, 0.717) is 11.6 Å². The van der Waals surface area contributed by atoms with E-state index in [1.807, 2.05) is 19.1 Å². The first-order chi connectivity index (χ1) is 8.11. The Hall–Kier alpha value is -1.32. The molecule has 0 spiro atoms. The molecule has 0 aliphatic heterocycles. The first-order valence-corrected chi connectivity index (χ1v) is 5.92. The Morgan fingerprint density at radius 2 is 2.12 bits per heavy atom. The molecule has 0 amide bonds. The van der Waals surface area contributed by atoms with Crippen LogP contribution >= 0.6 is 11.6 Å². The molecule has 4 heteroatoms. The number of nitrogens with one attached hydrogen (secondary N) is 1. The van der Waals surface area contributed by atoms with E-state index >= 15 is 0 Å². The van der Waals surface area contributed by atoms with Gasteiger partial charge < -0.3 is 10.1 Å². The van der Waals surface area contributed by atoms with Crippen molar-refractivity contribution < 1.29 is 5.11 Å². The largest absolute Gasteiger partial charge is 0.396 e. The summed E-state index contributed by atoms with van der Waals surface area (Å²) in [5, 5.41) is 9.35. The van der Waals surface area contributed by atoms with Crippen LogP contribution in [0.1, 0.15) is 16.8 Å². The van der Waals surface area contributed by atoms with Crippen molar-refractivity contribution in [2.24, 2.45) is 0 Å².